The number of aromatic nitrogens is 3. The van der Waals surface area contributed by atoms with Crippen LogP contribution in [0.15, 0.2) is 212 Å². The minimum atomic E-state index is -0.407. The summed E-state index contributed by atoms with van der Waals surface area (Å²) in [6.07, 6.45) is 7.04. The van der Waals surface area contributed by atoms with E-state index in [0.717, 1.165) is 33.4 Å². The molecule has 0 fully saturated rings. The van der Waals surface area contributed by atoms with Crippen LogP contribution in [0.2, 0.25) is 0 Å². The van der Waals surface area contributed by atoms with Crippen LogP contribution in [0.4, 0.5) is 0 Å². The second kappa shape index (κ2) is 13.8. The lowest BCUT2D eigenvalue weighted by Crippen LogP contribution is -2.35. The van der Waals surface area contributed by atoms with Gasteiger partial charge < -0.3 is 0 Å². The number of allylic oxidation sites excluding steroid dienone is 4. The van der Waals surface area contributed by atoms with E-state index in [1.165, 1.54) is 27.8 Å². The normalized spacial score (nSPS) is 16.5. The molecule has 3 nitrogen and oxygen atoms in total. The van der Waals surface area contributed by atoms with Crippen molar-refractivity contribution < 1.29 is 0 Å². The van der Waals surface area contributed by atoms with Crippen LogP contribution < -0.4 is 0 Å². The van der Waals surface area contributed by atoms with Crippen molar-refractivity contribution in [3.05, 3.63) is 240 Å². The monoisotopic (exact) mass is 703 g/mol. The Bertz CT molecular complexity index is 2640. The highest BCUT2D eigenvalue weighted by Crippen LogP contribution is 2.60. The molecular weight excluding hydrogens is 667 g/mol. The molecule has 3 heteroatoms. The summed E-state index contributed by atoms with van der Waals surface area (Å²) in [7, 11) is 0. The Morgan fingerprint density at radius 3 is 1.51 bits per heavy atom. The molecule has 0 N–H and O–H groups in total. The van der Waals surface area contributed by atoms with E-state index >= 15 is 0 Å². The predicted molar refractivity (Wildman–Crippen MR) is 224 cm³/mol. The quantitative estimate of drug-likeness (QED) is 0.166. The predicted octanol–water partition coefficient (Wildman–Crippen LogP) is 12.2. The van der Waals surface area contributed by atoms with E-state index in [-0.39, 0.29) is 11.8 Å². The Morgan fingerprint density at radius 2 is 0.855 bits per heavy atom. The molecule has 1 heterocycles. The van der Waals surface area contributed by atoms with Gasteiger partial charge in [0.25, 0.3) is 0 Å². The van der Waals surface area contributed by atoms with E-state index in [9.17, 15) is 0 Å². The van der Waals surface area contributed by atoms with Crippen LogP contribution in [0.1, 0.15) is 34.0 Å². The standard InChI is InChI=1S/C52H37N3/c1-5-16-36(17-6-1)38-28-30-39(31-29-38)49-53-50(41-21-15-20-40(34-41)37-18-7-2-8-19-37)55-51(54-49)42-32-33-46-45-26-13-14-27-47(45)52(48(46)35-42,43-22-9-3-10-23-43)44-24-11-4-12-25-44/h1-35,46,48H. The van der Waals surface area contributed by atoms with Crippen molar-refractivity contribution in [1.29, 1.82) is 0 Å². The third-order valence-corrected chi connectivity index (χ3v) is 11.3. The average molecular weight is 704 g/mol. The lowest BCUT2D eigenvalue weighted by molar-refractivity contribution is 0.458. The molecule has 2 aliphatic carbocycles. The molecule has 260 valence electrons. The molecule has 2 unspecified atom stereocenters. The summed E-state index contributed by atoms with van der Waals surface area (Å²) in [5.41, 5.74) is 12.3. The fourth-order valence-corrected chi connectivity index (χ4v) is 8.79. The summed E-state index contributed by atoms with van der Waals surface area (Å²) < 4.78 is 0. The van der Waals surface area contributed by atoms with E-state index in [0.29, 0.717) is 17.5 Å². The van der Waals surface area contributed by atoms with E-state index in [4.69, 9.17) is 15.0 Å². The highest BCUT2D eigenvalue weighted by atomic mass is 15.0. The summed E-state index contributed by atoms with van der Waals surface area (Å²) in [6, 6.07) is 69.0. The van der Waals surface area contributed by atoms with Gasteiger partial charge in [-0.2, -0.15) is 0 Å². The molecule has 2 atom stereocenters. The highest BCUT2D eigenvalue weighted by Gasteiger charge is 2.53. The van der Waals surface area contributed by atoms with Gasteiger partial charge in [0.05, 0.1) is 5.41 Å². The Hall–Kier alpha value is -6.97. The van der Waals surface area contributed by atoms with Crippen molar-refractivity contribution in [2.45, 2.75) is 11.3 Å². The van der Waals surface area contributed by atoms with Gasteiger partial charge in [0.2, 0.25) is 0 Å². The van der Waals surface area contributed by atoms with Crippen molar-refractivity contribution in [1.82, 2.24) is 15.0 Å². The van der Waals surface area contributed by atoms with Crippen molar-refractivity contribution in [3.8, 4) is 45.0 Å². The van der Waals surface area contributed by atoms with Gasteiger partial charge >= 0.3 is 0 Å². The first-order valence-electron chi connectivity index (χ1n) is 18.9. The molecule has 0 amide bonds. The number of hydrogen-bond donors (Lipinski definition) is 0. The zero-order chi connectivity index (χ0) is 36.6. The van der Waals surface area contributed by atoms with E-state index in [1.807, 2.05) is 12.1 Å². The van der Waals surface area contributed by atoms with E-state index < -0.39 is 5.41 Å². The van der Waals surface area contributed by atoms with Gasteiger partial charge in [0.1, 0.15) is 0 Å². The zero-order valence-electron chi connectivity index (χ0n) is 30.2. The Morgan fingerprint density at radius 1 is 0.382 bits per heavy atom. The zero-order valence-corrected chi connectivity index (χ0v) is 30.2. The minimum absolute atomic E-state index is 0.0879. The van der Waals surface area contributed by atoms with Crippen LogP contribution in [-0.2, 0) is 5.41 Å². The van der Waals surface area contributed by atoms with Gasteiger partial charge in [0, 0.05) is 28.5 Å². The van der Waals surface area contributed by atoms with Gasteiger partial charge in [-0.1, -0.05) is 206 Å². The highest BCUT2D eigenvalue weighted by molar-refractivity contribution is 5.78. The van der Waals surface area contributed by atoms with Gasteiger partial charge in [-0.05, 0) is 50.6 Å². The fraction of sp³-hybridized carbons (Fsp3) is 0.0577. The molecule has 0 spiro atoms. The van der Waals surface area contributed by atoms with E-state index in [1.54, 1.807) is 0 Å². The van der Waals surface area contributed by atoms with Crippen molar-refractivity contribution >= 4 is 5.57 Å². The summed E-state index contributed by atoms with van der Waals surface area (Å²) in [6.45, 7) is 0. The maximum Gasteiger partial charge on any atom is 0.164 e. The molecule has 8 aromatic rings. The minimum Gasteiger partial charge on any atom is -0.208 e. The average Bonchev–Trinajstić information content (AvgIpc) is 3.58. The molecule has 10 rings (SSSR count). The maximum absolute atomic E-state index is 5.27. The third-order valence-electron chi connectivity index (χ3n) is 11.3. The maximum atomic E-state index is 5.27. The lowest BCUT2D eigenvalue weighted by atomic mass is 9.62. The van der Waals surface area contributed by atoms with Gasteiger partial charge in [0.15, 0.2) is 17.5 Å². The molecule has 0 radical (unpaired) electrons. The van der Waals surface area contributed by atoms with Gasteiger partial charge in [-0.3, -0.25) is 0 Å². The topological polar surface area (TPSA) is 38.7 Å². The van der Waals surface area contributed by atoms with Crippen LogP contribution in [0, 0.1) is 5.92 Å². The first kappa shape index (κ1) is 32.7. The number of hydrogen-bond acceptors (Lipinski definition) is 3. The Kier molecular flexibility index (Phi) is 8.18. The molecule has 55 heavy (non-hydrogen) atoms. The SMILES string of the molecule is C1=CC2c3ccccc3C(c3ccccc3)(c3ccccc3)C2C=C1c1nc(-c2ccc(-c3ccccc3)cc2)nc(-c2cccc(-c3ccccc3)c2)n1. The molecular formula is C52H37N3. The van der Waals surface area contributed by atoms with Crippen LogP contribution in [-0.4, -0.2) is 15.0 Å². The first-order chi connectivity index (χ1) is 27.3. The lowest BCUT2D eigenvalue weighted by Gasteiger charge is -2.39. The second-order valence-corrected chi connectivity index (χ2v) is 14.4. The summed E-state index contributed by atoms with van der Waals surface area (Å²) in [5, 5.41) is 0. The number of nitrogens with zero attached hydrogens (tertiary/aromatic N) is 3. The van der Waals surface area contributed by atoms with Crippen molar-refractivity contribution in [2.75, 3.05) is 0 Å². The fourth-order valence-electron chi connectivity index (χ4n) is 8.79. The van der Waals surface area contributed by atoms with Crippen LogP contribution in [0.3, 0.4) is 0 Å². The summed E-state index contributed by atoms with van der Waals surface area (Å²) in [5.74, 6) is 2.23. The smallest absolute Gasteiger partial charge is 0.164 e. The molecule has 0 saturated carbocycles. The summed E-state index contributed by atoms with van der Waals surface area (Å²) in [4.78, 5) is 15.7. The van der Waals surface area contributed by atoms with Crippen molar-refractivity contribution in [2.24, 2.45) is 5.92 Å². The van der Waals surface area contributed by atoms with Crippen LogP contribution in [0.5, 0.6) is 0 Å². The van der Waals surface area contributed by atoms with E-state index in [2.05, 4.69) is 200 Å². The Labute approximate surface area is 322 Å². The molecule has 0 aliphatic heterocycles. The number of benzene rings is 7. The van der Waals surface area contributed by atoms with Gasteiger partial charge in [-0.15, -0.1) is 0 Å². The molecule has 2 aliphatic rings. The third kappa shape index (κ3) is 5.73. The molecule has 0 saturated heterocycles. The number of fused-ring (bicyclic) bond motifs is 3. The number of rotatable bonds is 7. The summed E-state index contributed by atoms with van der Waals surface area (Å²) >= 11 is 0. The van der Waals surface area contributed by atoms with Crippen LogP contribution >= 0.6 is 0 Å². The first-order valence-corrected chi connectivity index (χ1v) is 18.9. The van der Waals surface area contributed by atoms with Crippen LogP contribution in [0.25, 0.3) is 50.6 Å². The molecule has 0 bridgehead atoms. The largest absolute Gasteiger partial charge is 0.208 e. The second-order valence-electron chi connectivity index (χ2n) is 14.4. The molecule has 1 aromatic heterocycles. The Balaban J connectivity index is 1.15. The van der Waals surface area contributed by atoms with Gasteiger partial charge in [-0.25, -0.2) is 15.0 Å². The van der Waals surface area contributed by atoms with Crippen molar-refractivity contribution in [3.63, 3.8) is 0 Å². The molecule has 7 aromatic carbocycles.